The largest absolute Gasteiger partial charge is 0.493 e. The van der Waals surface area contributed by atoms with Gasteiger partial charge in [0.2, 0.25) is 0 Å². The van der Waals surface area contributed by atoms with Crippen LogP contribution in [-0.4, -0.2) is 36.3 Å². The molecule has 0 saturated heterocycles. The van der Waals surface area contributed by atoms with Crippen molar-refractivity contribution >= 4 is 23.1 Å². The molecule has 342 valence electrons. The van der Waals surface area contributed by atoms with Gasteiger partial charge in [-0.05, 0) is 25.7 Å². The summed E-state index contributed by atoms with van der Waals surface area (Å²) in [5.74, 6) is -2.78. The lowest BCUT2D eigenvalue weighted by Gasteiger charge is -2.28. The van der Waals surface area contributed by atoms with Crippen LogP contribution in [0.2, 0.25) is 0 Å². The summed E-state index contributed by atoms with van der Waals surface area (Å²) >= 11 is 0. The Morgan fingerprint density at radius 3 is 0.929 bits per heavy atom. The van der Waals surface area contributed by atoms with Gasteiger partial charge in [0.1, 0.15) is 11.5 Å². The van der Waals surface area contributed by atoms with Gasteiger partial charge in [-0.2, -0.15) is 0 Å². The van der Waals surface area contributed by atoms with Crippen molar-refractivity contribution < 1.29 is 47.6 Å². The number of ether oxygens (including phenoxy) is 6. The number of unbranched alkanes of at least 4 members (excludes halogenated alkanes) is 3. The van der Waals surface area contributed by atoms with Gasteiger partial charge in [0.25, 0.3) is 0 Å². The van der Waals surface area contributed by atoms with Crippen molar-refractivity contribution in [1.82, 2.24) is 0 Å². The summed E-state index contributed by atoms with van der Waals surface area (Å²) in [6.07, 6.45) is 2.70. The second kappa shape index (κ2) is 17.1. The Kier molecular flexibility index (Phi) is 10.4. The van der Waals surface area contributed by atoms with E-state index in [2.05, 4.69) is 0 Å². The zero-order valence-electron chi connectivity index (χ0n) is 37.6. The number of hydrogen-bond donors (Lipinski definition) is 0. The van der Waals surface area contributed by atoms with E-state index in [0.29, 0.717) is 57.7 Å². The first-order valence-electron chi connectivity index (χ1n) is 23.4. The third-order valence-electron chi connectivity index (χ3n) is 13.3. The summed E-state index contributed by atoms with van der Waals surface area (Å²) in [5.41, 5.74) is 4.53. The van der Waals surface area contributed by atoms with Crippen LogP contribution in [0.3, 0.4) is 0 Å². The van der Waals surface area contributed by atoms with Crippen LogP contribution in [0.5, 0.6) is 34.5 Å². The molecule has 10 nitrogen and oxygen atoms in total. The molecule has 8 aromatic carbocycles. The fraction of sp³-hybridized carbons (Fsp3) is 0.133. The van der Waals surface area contributed by atoms with E-state index in [1.165, 1.54) is 0 Å². The number of carbonyl (C=O) groups is 4. The normalized spacial score (nSPS) is 15.1. The number of carbonyl (C=O) groups excluding carboxylic acids is 4. The Labute approximate surface area is 403 Å². The van der Waals surface area contributed by atoms with Gasteiger partial charge >= 0.3 is 11.6 Å². The molecule has 0 spiro atoms. The molecule has 0 aromatic heterocycles. The average molecular weight is 923 g/mol. The number of fused-ring (bicyclic) bond motifs is 8. The first-order valence-corrected chi connectivity index (χ1v) is 23.4. The number of hydrogen-bond acceptors (Lipinski definition) is 10. The van der Waals surface area contributed by atoms with E-state index in [1.54, 1.807) is 60.7 Å². The minimum Gasteiger partial charge on any atom is -0.493 e. The molecule has 0 saturated carbocycles. The van der Waals surface area contributed by atoms with Crippen molar-refractivity contribution in [2.75, 3.05) is 13.2 Å². The fourth-order valence-electron chi connectivity index (χ4n) is 9.99. The van der Waals surface area contributed by atoms with Gasteiger partial charge in [0.05, 0.1) is 35.5 Å². The molecule has 12 rings (SSSR count). The molecule has 0 atom stereocenters. The maximum atomic E-state index is 14.4. The van der Waals surface area contributed by atoms with Crippen LogP contribution in [-0.2, 0) is 11.6 Å². The van der Waals surface area contributed by atoms with Gasteiger partial charge in [-0.15, -0.1) is 0 Å². The lowest BCUT2D eigenvalue weighted by molar-refractivity contribution is -0.0464. The first-order chi connectivity index (χ1) is 34.4. The highest BCUT2D eigenvalue weighted by Crippen LogP contribution is 2.56. The molecule has 4 aliphatic rings. The van der Waals surface area contributed by atoms with E-state index in [-0.39, 0.29) is 92.7 Å². The highest BCUT2D eigenvalue weighted by Gasteiger charge is 2.51. The summed E-state index contributed by atoms with van der Waals surface area (Å²) in [5, 5.41) is 0. The minimum atomic E-state index is -1.43. The summed E-state index contributed by atoms with van der Waals surface area (Å²) in [6, 6.07) is 54.9. The number of benzene rings is 8. The van der Waals surface area contributed by atoms with E-state index in [0.717, 1.165) is 12.8 Å². The van der Waals surface area contributed by atoms with E-state index in [4.69, 9.17) is 28.4 Å². The maximum absolute atomic E-state index is 14.4. The van der Waals surface area contributed by atoms with Gasteiger partial charge in [-0.3, -0.25) is 19.2 Å². The fourth-order valence-corrected chi connectivity index (χ4v) is 9.99. The molecule has 8 aromatic rings. The minimum absolute atomic E-state index is 0.113. The molecule has 0 radical (unpaired) electrons. The highest BCUT2D eigenvalue weighted by atomic mass is 16.7. The lowest BCUT2D eigenvalue weighted by atomic mass is 9.83. The van der Waals surface area contributed by atoms with Crippen molar-refractivity contribution in [2.45, 2.75) is 37.3 Å². The molecular formula is C60H42O10. The third kappa shape index (κ3) is 6.77. The molecule has 0 amide bonds. The predicted molar refractivity (Wildman–Crippen MR) is 259 cm³/mol. The van der Waals surface area contributed by atoms with Crippen LogP contribution >= 0.6 is 0 Å². The zero-order valence-corrected chi connectivity index (χ0v) is 37.6. The highest BCUT2D eigenvalue weighted by molar-refractivity contribution is 6.31. The topological polar surface area (TPSA) is 124 Å². The average Bonchev–Trinajstić information content (AvgIpc) is 4.01. The summed E-state index contributed by atoms with van der Waals surface area (Å²) in [7, 11) is 0. The van der Waals surface area contributed by atoms with Gasteiger partial charge in [0.15, 0.2) is 46.1 Å². The summed E-state index contributed by atoms with van der Waals surface area (Å²) in [6.45, 7) is 0.490. The molecule has 0 unspecified atom stereocenters. The van der Waals surface area contributed by atoms with Crippen LogP contribution in [0.4, 0.5) is 0 Å². The van der Waals surface area contributed by atoms with E-state index >= 15 is 0 Å². The SMILES string of the molecule is O=C1c2ccccc2C(=O)c2c3c(cc(OCCCCCCOc4cc5c(c6c4C(=O)c4ccccc4C6=O)OC(c4ccccc4)(c4ccccc4)O5)c21)OC(c1ccccc1)(c1ccccc1)O3. The summed E-state index contributed by atoms with van der Waals surface area (Å²) < 4.78 is 39.9. The zero-order chi connectivity index (χ0) is 47.4. The Bertz CT molecular complexity index is 3100. The Hall–Kier alpha value is -8.76. The van der Waals surface area contributed by atoms with Crippen molar-refractivity contribution in [3.63, 3.8) is 0 Å². The lowest BCUT2D eigenvalue weighted by Crippen LogP contribution is -2.37. The van der Waals surface area contributed by atoms with Crippen molar-refractivity contribution in [1.29, 1.82) is 0 Å². The molecule has 2 aliphatic carbocycles. The third-order valence-corrected chi connectivity index (χ3v) is 13.3. The van der Waals surface area contributed by atoms with Gasteiger partial charge in [-0.1, -0.05) is 170 Å². The van der Waals surface area contributed by atoms with Crippen molar-refractivity contribution in [3.8, 4) is 34.5 Å². The van der Waals surface area contributed by atoms with Crippen LogP contribution < -0.4 is 28.4 Å². The smallest absolute Gasteiger partial charge is 0.305 e. The molecule has 0 N–H and O–H groups in total. The molecule has 2 heterocycles. The van der Waals surface area contributed by atoms with Crippen molar-refractivity contribution in [2.24, 2.45) is 0 Å². The quantitative estimate of drug-likeness (QED) is 0.103. The molecule has 0 bridgehead atoms. The van der Waals surface area contributed by atoms with Gasteiger partial charge in [0, 0.05) is 56.6 Å². The maximum Gasteiger partial charge on any atom is 0.305 e. The predicted octanol–water partition coefficient (Wildman–Crippen LogP) is 11.6. The number of ketones is 4. The van der Waals surface area contributed by atoms with Crippen LogP contribution in [0, 0.1) is 0 Å². The van der Waals surface area contributed by atoms with Crippen LogP contribution in [0.1, 0.15) is 112 Å². The standard InChI is InChI=1S/C60H42O10/c61-53-41-29-15-17-31-43(41)55(63)51-49(53)45(35-47-57(51)69-59(67-47,37-21-7-3-8-22-37)38-23-9-4-10-24-38)65-33-19-1-2-20-34-66-46-36-48-58(52-50(46)54(62)42-30-16-18-32-44(42)56(52)64)70-60(68-48,39-25-11-5-12-26-39)40-27-13-6-14-28-40/h3-18,21-32,35-36H,1-2,19-20,33-34H2. The second-order valence-electron chi connectivity index (χ2n) is 17.5. The van der Waals surface area contributed by atoms with Gasteiger partial charge in [-0.25, -0.2) is 0 Å². The molecule has 2 aliphatic heterocycles. The van der Waals surface area contributed by atoms with E-state index < -0.39 is 11.6 Å². The Balaban J connectivity index is 0.778. The van der Waals surface area contributed by atoms with Crippen LogP contribution in [0.15, 0.2) is 182 Å². The molecule has 0 fully saturated rings. The Morgan fingerprint density at radius 2 is 0.614 bits per heavy atom. The number of rotatable bonds is 13. The van der Waals surface area contributed by atoms with Crippen molar-refractivity contribution in [3.05, 3.63) is 249 Å². The Morgan fingerprint density at radius 1 is 0.329 bits per heavy atom. The van der Waals surface area contributed by atoms with Gasteiger partial charge < -0.3 is 28.4 Å². The monoisotopic (exact) mass is 922 g/mol. The molecule has 70 heavy (non-hydrogen) atoms. The van der Waals surface area contributed by atoms with E-state index in [1.807, 2.05) is 121 Å². The first kappa shape index (κ1) is 42.6. The van der Waals surface area contributed by atoms with Crippen LogP contribution in [0.25, 0.3) is 0 Å². The second-order valence-corrected chi connectivity index (χ2v) is 17.5. The molecular weight excluding hydrogens is 881 g/mol. The van der Waals surface area contributed by atoms with E-state index in [9.17, 15) is 19.2 Å². The molecule has 10 heteroatoms. The summed E-state index contributed by atoms with van der Waals surface area (Å²) in [4.78, 5) is 57.4.